The number of carbonyl (C=O) groups excluding carboxylic acids is 1. The molecule has 4 nitrogen and oxygen atoms in total. The molecule has 2 atom stereocenters. The van der Waals surface area contributed by atoms with Gasteiger partial charge in [0, 0.05) is 37.6 Å². The first-order valence-electron chi connectivity index (χ1n) is 10.5. The Kier molecular flexibility index (Phi) is 9.52. The van der Waals surface area contributed by atoms with Gasteiger partial charge in [-0.3, -0.25) is 9.69 Å². The zero-order valence-electron chi connectivity index (χ0n) is 18.4. The molecule has 4 heteroatoms. The summed E-state index contributed by atoms with van der Waals surface area (Å²) in [5.41, 5.74) is 1.78. The van der Waals surface area contributed by atoms with Gasteiger partial charge in [0.15, 0.2) is 5.78 Å². The topological polar surface area (TPSA) is 38.8 Å². The van der Waals surface area contributed by atoms with E-state index in [0.717, 1.165) is 5.56 Å². The molecule has 29 heavy (non-hydrogen) atoms. The van der Waals surface area contributed by atoms with E-state index >= 15 is 0 Å². The summed E-state index contributed by atoms with van der Waals surface area (Å²) < 4.78 is 11.9. The van der Waals surface area contributed by atoms with Crippen LogP contribution in [0, 0.1) is 0 Å². The van der Waals surface area contributed by atoms with Crippen LogP contribution in [0.5, 0.6) is 0 Å². The Morgan fingerprint density at radius 3 is 1.97 bits per heavy atom. The highest BCUT2D eigenvalue weighted by Crippen LogP contribution is 2.17. The minimum absolute atomic E-state index is 0.0213. The lowest BCUT2D eigenvalue weighted by Crippen LogP contribution is -2.46. The molecule has 158 valence electrons. The Bertz CT molecular complexity index is 707. The fourth-order valence-electron chi connectivity index (χ4n) is 3.80. The maximum absolute atomic E-state index is 13.1. The molecule has 2 rings (SSSR count). The first kappa shape index (κ1) is 23.3. The van der Waals surface area contributed by atoms with Gasteiger partial charge in [-0.25, -0.2) is 0 Å². The van der Waals surface area contributed by atoms with Gasteiger partial charge in [-0.05, 0) is 33.3 Å². The number of carbonyl (C=O) groups is 1. The van der Waals surface area contributed by atoms with E-state index in [4.69, 9.17) is 9.47 Å². The second kappa shape index (κ2) is 11.9. The molecule has 0 fully saturated rings. The van der Waals surface area contributed by atoms with Gasteiger partial charge in [0.25, 0.3) is 0 Å². The van der Waals surface area contributed by atoms with Gasteiger partial charge >= 0.3 is 0 Å². The predicted octanol–water partition coefficient (Wildman–Crippen LogP) is 4.98. The van der Waals surface area contributed by atoms with E-state index in [1.807, 2.05) is 60.7 Å². The Balaban J connectivity index is 2.08. The highest BCUT2D eigenvalue weighted by molar-refractivity contribution is 5.99. The molecule has 0 aromatic heterocycles. The van der Waals surface area contributed by atoms with Crippen LogP contribution in [0.2, 0.25) is 0 Å². The largest absolute Gasteiger partial charge is 0.370 e. The minimum atomic E-state index is -0.510. The first-order valence-corrected chi connectivity index (χ1v) is 10.5. The van der Waals surface area contributed by atoms with Crippen LogP contribution < -0.4 is 0 Å². The van der Waals surface area contributed by atoms with Crippen molar-refractivity contribution in [3.8, 4) is 0 Å². The lowest BCUT2D eigenvalue weighted by atomic mass is 10.00. The molecule has 2 aromatic carbocycles. The SMILES string of the molecule is COC(CCOC(Cc1ccccc1)C(=O)c1ccccc1)N(C(C)C)C(C)C. The number of hydrogen-bond acceptors (Lipinski definition) is 4. The molecule has 0 heterocycles. The fraction of sp³-hybridized carbons (Fsp3) is 0.480. The first-order chi connectivity index (χ1) is 13.9. The summed E-state index contributed by atoms with van der Waals surface area (Å²) in [5.74, 6) is 0.0213. The highest BCUT2D eigenvalue weighted by Gasteiger charge is 2.25. The summed E-state index contributed by atoms with van der Waals surface area (Å²) >= 11 is 0. The van der Waals surface area contributed by atoms with E-state index in [1.54, 1.807) is 7.11 Å². The molecule has 2 aromatic rings. The average Bonchev–Trinajstić information content (AvgIpc) is 2.72. The Labute approximate surface area is 175 Å². The van der Waals surface area contributed by atoms with E-state index in [-0.39, 0.29) is 12.0 Å². The minimum Gasteiger partial charge on any atom is -0.370 e. The quantitative estimate of drug-likeness (QED) is 0.374. The molecule has 0 saturated heterocycles. The van der Waals surface area contributed by atoms with Crippen molar-refractivity contribution < 1.29 is 14.3 Å². The molecular formula is C25H35NO3. The Morgan fingerprint density at radius 1 is 0.897 bits per heavy atom. The number of ketones is 1. The third-order valence-electron chi connectivity index (χ3n) is 5.10. The molecule has 0 saturated carbocycles. The van der Waals surface area contributed by atoms with E-state index < -0.39 is 6.10 Å². The van der Waals surface area contributed by atoms with Crippen molar-refractivity contribution in [1.29, 1.82) is 0 Å². The van der Waals surface area contributed by atoms with Gasteiger partial charge in [-0.15, -0.1) is 0 Å². The van der Waals surface area contributed by atoms with Gasteiger partial charge in [-0.1, -0.05) is 60.7 Å². The van der Waals surface area contributed by atoms with E-state index in [2.05, 4.69) is 32.6 Å². The number of nitrogens with zero attached hydrogens (tertiary/aromatic N) is 1. The Hall–Kier alpha value is -2.01. The fourth-order valence-corrected chi connectivity index (χ4v) is 3.80. The highest BCUT2D eigenvalue weighted by atomic mass is 16.5. The second-order valence-corrected chi connectivity index (χ2v) is 7.89. The average molecular weight is 398 g/mol. The molecule has 0 spiro atoms. The maximum atomic E-state index is 13.1. The zero-order valence-corrected chi connectivity index (χ0v) is 18.4. The summed E-state index contributed by atoms with van der Waals surface area (Å²) in [5, 5.41) is 0. The van der Waals surface area contributed by atoms with Crippen LogP contribution in [0.4, 0.5) is 0 Å². The molecule has 0 aliphatic rings. The number of methoxy groups -OCH3 is 1. The number of Topliss-reactive ketones (excluding diaryl/α,β-unsaturated/α-hetero) is 1. The van der Waals surface area contributed by atoms with Gasteiger partial charge in [0.05, 0.1) is 6.61 Å². The lowest BCUT2D eigenvalue weighted by Gasteiger charge is -2.37. The molecule has 0 amide bonds. The molecule has 0 radical (unpaired) electrons. The smallest absolute Gasteiger partial charge is 0.191 e. The van der Waals surface area contributed by atoms with Crippen molar-refractivity contribution in [2.45, 2.75) is 65.0 Å². The standard InChI is InChI=1S/C25H35NO3/c1-19(2)26(20(3)4)24(28-5)16-17-29-23(18-21-12-8-6-9-13-21)25(27)22-14-10-7-11-15-22/h6-15,19-20,23-24H,16-18H2,1-5H3. The molecule has 0 bridgehead atoms. The van der Waals surface area contributed by atoms with E-state index in [0.29, 0.717) is 37.1 Å². The number of ether oxygens (including phenoxy) is 2. The monoisotopic (exact) mass is 397 g/mol. The Morgan fingerprint density at radius 2 is 1.45 bits per heavy atom. The predicted molar refractivity (Wildman–Crippen MR) is 118 cm³/mol. The van der Waals surface area contributed by atoms with E-state index in [1.165, 1.54) is 0 Å². The molecule has 0 aliphatic carbocycles. The summed E-state index contributed by atoms with van der Waals surface area (Å²) in [7, 11) is 1.74. The van der Waals surface area contributed by atoms with Crippen LogP contribution in [0.25, 0.3) is 0 Å². The van der Waals surface area contributed by atoms with Crippen LogP contribution in [0.1, 0.15) is 50.0 Å². The van der Waals surface area contributed by atoms with Gasteiger partial charge in [0.2, 0.25) is 0 Å². The maximum Gasteiger partial charge on any atom is 0.191 e. The van der Waals surface area contributed by atoms with Crippen LogP contribution in [-0.2, 0) is 15.9 Å². The summed E-state index contributed by atoms with van der Waals surface area (Å²) in [6.07, 6.45) is 0.716. The van der Waals surface area contributed by atoms with Crippen LogP contribution in [-0.4, -0.2) is 48.8 Å². The molecular weight excluding hydrogens is 362 g/mol. The number of rotatable bonds is 12. The van der Waals surface area contributed by atoms with Crippen molar-refractivity contribution in [1.82, 2.24) is 4.90 Å². The summed E-state index contributed by atoms with van der Waals surface area (Å²) in [6, 6.07) is 20.1. The van der Waals surface area contributed by atoms with Crippen molar-refractivity contribution >= 4 is 5.78 Å². The van der Waals surface area contributed by atoms with Crippen LogP contribution >= 0.6 is 0 Å². The van der Waals surface area contributed by atoms with Gasteiger partial charge in [0.1, 0.15) is 12.3 Å². The van der Waals surface area contributed by atoms with Crippen LogP contribution in [0.3, 0.4) is 0 Å². The lowest BCUT2D eigenvalue weighted by molar-refractivity contribution is -0.0842. The third kappa shape index (κ3) is 7.07. The second-order valence-electron chi connectivity index (χ2n) is 7.89. The summed E-state index contributed by atoms with van der Waals surface area (Å²) in [6.45, 7) is 9.15. The molecule has 2 unspecified atom stereocenters. The number of hydrogen-bond donors (Lipinski definition) is 0. The molecule has 0 N–H and O–H groups in total. The van der Waals surface area contributed by atoms with Gasteiger partial charge < -0.3 is 9.47 Å². The van der Waals surface area contributed by atoms with Crippen molar-refractivity contribution in [3.05, 3.63) is 71.8 Å². The van der Waals surface area contributed by atoms with Crippen LogP contribution in [0.15, 0.2) is 60.7 Å². The van der Waals surface area contributed by atoms with Crippen molar-refractivity contribution in [3.63, 3.8) is 0 Å². The van der Waals surface area contributed by atoms with Crippen molar-refractivity contribution in [2.75, 3.05) is 13.7 Å². The summed E-state index contributed by atoms with van der Waals surface area (Å²) in [4.78, 5) is 15.4. The normalized spacial score (nSPS) is 13.8. The zero-order chi connectivity index (χ0) is 21.2. The third-order valence-corrected chi connectivity index (χ3v) is 5.10. The van der Waals surface area contributed by atoms with Crippen molar-refractivity contribution in [2.24, 2.45) is 0 Å². The van der Waals surface area contributed by atoms with E-state index in [9.17, 15) is 4.79 Å². The number of benzene rings is 2. The molecule has 0 aliphatic heterocycles. The van der Waals surface area contributed by atoms with Gasteiger partial charge in [-0.2, -0.15) is 0 Å².